The van der Waals surface area contributed by atoms with Crippen LogP contribution in [0.5, 0.6) is 0 Å². The molecule has 1 aliphatic heterocycles. The number of pyridine rings is 3. The molecule has 1 fully saturated rings. The van der Waals surface area contributed by atoms with Crippen molar-refractivity contribution in [3.05, 3.63) is 54.4 Å². The molecule has 0 aliphatic carbocycles. The third-order valence-corrected chi connectivity index (χ3v) is 5.97. The highest BCUT2D eigenvalue weighted by atomic mass is 19.1. The Morgan fingerprint density at radius 1 is 1.03 bits per heavy atom. The third-order valence-electron chi connectivity index (χ3n) is 5.97. The molecule has 0 amide bonds. The molecule has 32 heavy (non-hydrogen) atoms. The van der Waals surface area contributed by atoms with Crippen LogP contribution >= 0.6 is 0 Å². The third kappa shape index (κ3) is 3.31. The second-order valence-corrected chi connectivity index (χ2v) is 8.16. The normalized spacial score (nSPS) is 15.0. The van der Waals surface area contributed by atoms with E-state index < -0.39 is 5.82 Å². The van der Waals surface area contributed by atoms with E-state index in [1.807, 2.05) is 24.4 Å². The molecule has 5 aromatic rings. The summed E-state index contributed by atoms with van der Waals surface area (Å²) in [5.41, 5.74) is 4.23. The number of aromatic amines is 2. The minimum Gasteiger partial charge on any atom is -0.335 e. The van der Waals surface area contributed by atoms with Gasteiger partial charge in [0.1, 0.15) is 11.5 Å². The number of imidazole rings is 1. The van der Waals surface area contributed by atoms with Gasteiger partial charge in [-0.15, -0.1) is 0 Å². The molecule has 2 N–H and O–H groups in total. The number of nitrogens with one attached hydrogen (secondary N) is 2. The van der Waals surface area contributed by atoms with Gasteiger partial charge in [0.25, 0.3) is 0 Å². The van der Waals surface area contributed by atoms with Gasteiger partial charge in [-0.2, -0.15) is 5.10 Å². The van der Waals surface area contributed by atoms with Gasteiger partial charge in [-0.1, -0.05) is 6.42 Å². The van der Waals surface area contributed by atoms with Crippen LogP contribution in [-0.4, -0.2) is 53.1 Å². The summed E-state index contributed by atoms with van der Waals surface area (Å²) in [5.74, 6) is 0.0695. The molecule has 0 saturated carbocycles. The molecule has 1 saturated heterocycles. The zero-order chi connectivity index (χ0) is 21.5. The number of piperidine rings is 1. The Morgan fingerprint density at radius 3 is 2.81 bits per heavy atom. The summed E-state index contributed by atoms with van der Waals surface area (Å²) in [6.07, 6.45) is 10.5. The van der Waals surface area contributed by atoms with Crippen molar-refractivity contribution in [1.29, 1.82) is 0 Å². The molecule has 0 radical (unpaired) electrons. The molecule has 160 valence electrons. The van der Waals surface area contributed by atoms with Crippen LogP contribution in [0.1, 0.15) is 24.8 Å². The van der Waals surface area contributed by atoms with Crippen LogP contribution in [-0.2, 0) is 6.54 Å². The van der Waals surface area contributed by atoms with E-state index in [1.165, 1.54) is 25.5 Å². The predicted octanol–water partition coefficient (Wildman–Crippen LogP) is 4.08. The van der Waals surface area contributed by atoms with Crippen LogP contribution in [0.2, 0.25) is 0 Å². The lowest BCUT2D eigenvalue weighted by Gasteiger charge is -2.26. The second kappa shape index (κ2) is 7.76. The summed E-state index contributed by atoms with van der Waals surface area (Å²) in [6, 6.07) is 5.69. The number of nitrogens with zero attached hydrogens (tertiary/aromatic N) is 6. The van der Waals surface area contributed by atoms with Gasteiger partial charge >= 0.3 is 0 Å². The van der Waals surface area contributed by atoms with E-state index in [0.29, 0.717) is 39.3 Å². The van der Waals surface area contributed by atoms with Crippen molar-refractivity contribution in [2.75, 3.05) is 13.1 Å². The van der Waals surface area contributed by atoms with E-state index >= 15 is 4.39 Å². The van der Waals surface area contributed by atoms with E-state index in [9.17, 15) is 0 Å². The molecular formula is C23H21FN8. The zero-order valence-electron chi connectivity index (χ0n) is 17.3. The topological polar surface area (TPSA) is 99.3 Å². The SMILES string of the molecule is Fc1c(-c2cncc(CN3CCCCC3)c2)cnc2n[nH]c(-c3nc4ncccc4[nH]3)c12. The van der Waals surface area contributed by atoms with Crippen molar-refractivity contribution in [2.24, 2.45) is 0 Å². The molecule has 6 rings (SSSR count). The summed E-state index contributed by atoms with van der Waals surface area (Å²) in [5, 5.41) is 7.35. The number of likely N-dealkylation sites (tertiary alicyclic amines) is 1. The minimum absolute atomic E-state index is 0.294. The minimum atomic E-state index is -0.399. The van der Waals surface area contributed by atoms with Gasteiger partial charge in [0.2, 0.25) is 0 Å². The Hall–Kier alpha value is -3.72. The molecule has 0 unspecified atom stereocenters. The van der Waals surface area contributed by atoms with E-state index in [1.54, 1.807) is 12.4 Å². The summed E-state index contributed by atoms with van der Waals surface area (Å²) in [7, 11) is 0. The fourth-order valence-electron chi connectivity index (χ4n) is 4.38. The van der Waals surface area contributed by atoms with Crippen molar-refractivity contribution >= 4 is 22.2 Å². The van der Waals surface area contributed by atoms with Gasteiger partial charge in [0.05, 0.1) is 10.9 Å². The van der Waals surface area contributed by atoms with Crippen molar-refractivity contribution in [2.45, 2.75) is 25.8 Å². The van der Waals surface area contributed by atoms with Crippen LogP contribution in [0, 0.1) is 5.82 Å². The molecular weight excluding hydrogens is 407 g/mol. The Balaban J connectivity index is 1.41. The van der Waals surface area contributed by atoms with E-state index in [-0.39, 0.29) is 0 Å². The summed E-state index contributed by atoms with van der Waals surface area (Å²) in [6.45, 7) is 3.01. The van der Waals surface area contributed by atoms with Gasteiger partial charge in [-0.3, -0.25) is 15.0 Å². The fraction of sp³-hybridized carbons (Fsp3) is 0.261. The first-order chi connectivity index (χ1) is 15.8. The Morgan fingerprint density at radius 2 is 1.94 bits per heavy atom. The van der Waals surface area contributed by atoms with Gasteiger partial charge < -0.3 is 4.98 Å². The van der Waals surface area contributed by atoms with Crippen molar-refractivity contribution in [3.8, 4) is 22.6 Å². The van der Waals surface area contributed by atoms with Crippen LogP contribution in [0.25, 0.3) is 44.8 Å². The maximum absolute atomic E-state index is 15.8. The van der Waals surface area contributed by atoms with Gasteiger partial charge in [-0.25, -0.2) is 19.3 Å². The van der Waals surface area contributed by atoms with Gasteiger partial charge in [-0.05, 0) is 49.7 Å². The van der Waals surface area contributed by atoms with E-state index in [2.05, 4.69) is 40.0 Å². The fourth-order valence-corrected chi connectivity index (χ4v) is 4.38. The highest BCUT2D eigenvalue weighted by Crippen LogP contribution is 2.32. The number of aromatic nitrogens is 7. The van der Waals surface area contributed by atoms with E-state index in [4.69, 9.17) is 0 Å². The number of halogens is 1. The number of hydrogen-bond acceptors (Lipinski definition) is 6. The highest BCUT2D eigenvalue weighted by Gasteiger charge is 2.20. The molecule has 0 aromatic carbocycles. The molecule has 8 nitrogen and oxygen atoms in total. The highest BCUT2D eigenvalue weighted by molar-refractivity contribution is 5.93. The zero-order valence-corrected chi connectivity index (χ0v) is 17.3. The standard InChI is InChI=1S/C23H21FN8/c24-19-16(15-9-14(10-25-11-15)13-32-7-2-1-3-8-32)12-27-22-18(19)20(30-31-22)23-28-17-5-4-6-26-21(17)29-23/h4-6,9-12H,1-3,7-8,13H2,(H,26,28,29)(H,27,30,31). The number of hydrogen-bond donors (Lipinski definition) is 2. The van der Waals surface area contributed by atoms with Crippen molar-refractivity contribution in [1.82, 2.24) is 40.0 Å². The summed E-state index contributed by atoms with van der Waals surface area (Å²) < 4.78 is 15.8. The van der Waals surface area contributed by atoms with E-state index in [0.717, 1.165) is 30.7 Å². The molecule has 6 heterocycles. The maximum atomic E-state index is 15.8. The molecule has 5 aromatic heterocycles. The Kier molecular flexibility index (Phi) is 4.61. The van der Waals surface area contributed by atoms with Crippen LogP contribution in [0.15, 0.2) is 43.0 Å². The van der Waals surface area contributed by atoms with Gasteiger partial charge in [0, 0.05) is 42.5 Å². The number of fused-ring (bicyclic) bond motifs is 2. The average Bonchev–Trinajstić information content (AvgIpc) is 3.45. The summed E-state index contributed by atoms with van der Waals surface area (Å²) >= 11 is 0. The van der Waals surface area contributed by atoms with Crippen molar-refractivity contribution < 1.29 is 4.39 Å². The van der Waals surface area contributed by atoms with Gasteiger partial charge in [0.15, 0.2) is 17.1 Å². The number of rotatable bonds is 4. The molecule has 1 aliphatic rings. The predicted molar refractivity (Wildman–Crippen MR) is 119 cm³/mol. The monoisotopic (exact) mass is 428 g/mol. The summed E-state index contributed by atoms with van der Waals surface area (Å²) in [4.78, 5) is 23.1. The Bertz CT molecular complexity index is 1380. The van der Waals surface area contributed by atoms with Crippen LogP contribution in [0.3, 0.4) is 0 Å². The first-order valence-corrected chi connectivity index (χ1v) is 10.8. The quantitative estimate of drug-likeness (QED) is 0.447. The average molecular weight is 428 g/mol. The second-order valence-electron chi connectivity index (χ2n) is 8.16. The van der Waals surface area contributed by atoms with Crippen LogP contribution < -0.4 is 0 Å². The largest absolute Gasteiger partial charge is 0.335 e. The maximum Gasteiger partial charge on any atom is 0.184 e. The van der Waals surface area contributed by atoms with Crippen LogP contribution in [0.4, 0.5) is 4.39 Å². The lowest BCUT2D eigenvalue weighted by atomic mass is 10.0. The van der Waals surface area contributed by atoms with Crippen molar-refractivity contribution in [3.63, 3.8) is 0 Å². The first kappa shape index (κ1) is 19.0. The smallest absolute Gasteiger partial charge is 0.184 e. The molecule has 0 atom stereocenters. The first-order valence-electron chi connectivity index (χ1n) is 10.8. The molecule has 9 heteroatoms. The molecule has 0 bridgehead atoms. The lowest BCUT2D eigenvalue weighted by Crippen LogP contribution is -2.29. The molecule has 0 spiro atoms. The Labute approximate surface area is 183 Å². The number of H-pyrrole nitrogens is 2. The lowest BCUT2D eigenvalue weighted by molar-refractivity contribution is 0.220.